The van der Waals surface area contributed by atoms with Gasteiger partial charge in [-0.3, -0.25) is 9.59 Å². The summed E-state index contributed by atoms with van der Waals surface area (Å²) >= 11 is 0. The molecule has 1 aromatic heterocycles. The molecule has 2 amide bonds. The van der Waals surface area contributed by atoms with E-state index >= 15 is 0 Å². The molecular formula is C28H39N5O3. The normalized spacial score (nSPS) is 28.7. The van der Waals surface area contributed by atoms with E-state index in [-0.39, 0.29) is 24.8 Å². The molecular weight excluding hydrogens is 454 g/mol. The van der Waals surface area contributed by atoms with Crippen LogP contribution in [-0.4, -0.2) is 55.5 Å². The average Bonchev–Trinajstić information content (AvgIpc) is 3.69. The maximum Gasteiger partial charge on any atom is 0.248 e. The Labute approximate surface area is 213 Å². The number of nitrogens with one attached hydrogen (secondary N) is 1. The largest absolute Gasteiger partial charge is 0.391 e. The van der Waals surface area contributed by atoms with Crippen molar-refractivity contribution in [2.75, 3.05) is 6.54 Å². The van der Waals surface area contributed by atoms with Gasteiger partial charge in [0.2, 0.25) is 11.8 Å². The van der Waals surface area contributed by atoms with Gasteiger partial charge in [0, 0.05) is 25.1 Å². The number of likely N-dealkylation sites (tertiary alicyclic amines) is 1. The summed E-state index contributed by atoms with van der Waals surface area (Å²) in [6, 6.07) is 6.96. The summed E-state index contributed by atoms with van der Waals surface area (Å²) in [7, 11) is 0. The molecule has 2 heterocycles. The van der Waals surface area contributed by atoms with Gasteiger partial charge in [0.1, 0.15) is 12.1 Å². The third kappa shape index (κ3) is 4.56. The highest BCUT2D eigenvalue weighted by Gasteiger charge is 2.56. The maximum atomic E-state index is 14.0. The van der Waals surface area contributed by atoms with Crippen LogP contribution in [0.15, 0.2) is 30.5 Å². The van der Waals surface area contributed by atoms with Crippen LogP contribution in [0.5, 0.6) is 0 Å². The van der Waals surface area contributed by atoms with Crippen molar-refractivity contribution < 1.29 is 14.7 Å². The average molecular weight is 494 g/mol. The van der Waals surface area contributed by atoms with Crippen molar-refractivity contribution in [3.8, 4) is 0 Å². The summed E-state index contributed by atoms with van der Waals surface area (Å²) in [6.45, 7) is 10.3. The van der Waals surface area contributed by atoms with E-state index < -0.39 is 29.1 Å². The highest BCUT2D eigenvalue weighted by atomic mass is 16.3. The number of hydrogen-bond donors (Lipinski definition) is 2. The molecule has 194 valence electrons. The number of carbonyl (C=O) groups excluding carboxylic acids is 2. The van der Waals surface area contributed by atoms with Crippen LogP contribution in [0.25, 0.3) is 0 Å². The van der Waals surface area contributed by atoms with Gasteiger partial charge in [-0.1, -0.05) is 69.2 Å². The number of aliphatic hydroxyl groups excluding tert-OH is 1. The summed E-state index contributed by atoms with van der Waals surface area (Å²) in [5.74, 6) is 0.405. The van der Waals surface area contributed by atoms with Crippen LogP contribution < -0.4 is 5.32 Å². The molecule has 5 rings (SSSR count). The minimum atomic E-state index is -0.737. The first-order valence-electron chi connectivity index (χ1n) is 13.3. The van der Waals surface area contributed by atoms with Gasteiger partial charge in [-0.2, -0.15) is 0 Å². The number of aryl methyl sites for hydroxylation is 1. The lowest BCUT2D eigenvalue weighted by molar-refractivity contribution is -0.144. The van der Waals surface area contributed by atoms with Crippen molar-refractivity contribution in [1.82, 2.24) is 25.2 Å². The minimum absolute atomic E-state index is 0.141. The molecule has 3 aliphatic rings. The molecule has 1 aromatic carbocycles. The molecule has 1 aliphatic heterocycles. The van der Waals surface area contributed by atoms with Gasteiger partial charge < -0.3 is 15.3 Å². The monoisotopic (exact) mass is 493 g/mol. The van der Waals surface area contributed by atoms with Crippen molar-refractivity contribution in [1.29, 1.82) is 0 Å². The Balaban J connectivity index is 1.40. The van der Waals surface area contributed by atoms with E-state index in [0.717, 1.165) is 42.5 Å². The third-order valence-electron chi connectivity index (χ3n) is 8.18. The maximum absolute atomic E-state index is 14.0. The fraction of sp³-hybridized carbons (Fsp3) is 0.643. The number of nitrogens with zero attached hydrogens (tertiary/aromatic N) is 4. The minimum Gasteiger partial charge on any atom is -0.391 e. The molecule has 2 saturated carbocycles. The molecule has 36 heavy (non-hydrogen) atoms. The number of β-amino-alcohol motifs (C(OH)–C–C–N with tert-alkyl or cyclic N) is 1. The summed E-state index contributed by atoms with van der Waals surface area (Å²) in [6.07, 6.45) is 5.44. The Kier molecular flexibility index (Phi) is 6.22. The summed E-state index contributed by atoms with van der Waals surface area (Å²) < 4.78 is 1.66. The van der Waals surface area contributed by atoms with E-state index in [1.54, 1.807) is 9.58 Å². The molecule has 0 spiro atoms. The quantitative estimate of drug-likeness (QED) is 0.615. The molecule has 3 fully saturated rings. The Morgan fingerprint density at radius 1 is 1.28 bits per heavy atom. The number of aromatic nitrogens is 3. The van der Waals surface area contributed by atoms with E-state index in [1.165, 1.54) is 0 Å². The van der Waals surface area contributed by atoms with Gasteiger partial charge in [0.05, 0.1) is 17.3 Å². The summed E-state index contributed by atoms with van der Waals surface area (Å²) in [5.41, 5.74) is 2.33. The Hall–Kier alpha value is -2.74. The van der Waals surface area contributed by atoms with E-state index in [0.29, 0.717) is 11.8 Å². The smallest absolute Gasteiger partial charge is 0.248 e. The zero-order chi connectivity index (χ0) is 25.8. The first-order chi connectivity index (χ1) is 17.0. The zero-order valence-corrected chi connectivity index (χ0v) is 22.1. The third-order valence-corrected chi connectivity index (χ3v) is 8.18. The first kappa shape index (κ1) is 24.9. The number of rotatable bonds is 7. The van der Waals surface area contributed by atoms with Gasteiger partial charge >= 0.3 is 0 Å². The van der Waals surface area contributed by atoms with Crippen LogP contribution in [-0.2, 0) is 15.1 Å². The van der Waals surface area contributed by atoms with Crippen LogP contribution in [0.3, 0.4) is 0 Å². The van der Waals surface area contributed by atoms with E-state index in [1.807, 2.05) is 33.0 Å². The van der Waals surface area contributed by atoms with Crippen molar-refractivity contribution >= 4 is 11.8 Å². The Morgan fingerprint density at radius 2 is 2.03 bits per heavy atom. The molecule has 2 unspecified atom stereocenters. The van der Waals surface area contributed by atoms with Crippen molar-refractivity contribution in [3.05, 3.63) is 47.3 Å². The van der Waals surface area contributed by atoms with Gasteiger partial charge in [0.15, 0.2) is 0 Å². The number of aliphatic hydroxyl groups is 1. The van der Waals surface area contributed by atoms with Gasteiger partial charge in [-0.15, -0.1) is 5.10 Å². The molecule has 5 atom stereocenters. The predicted molar refractivity (Wildman–Crippen MR) is 136 cm³/mol. The number of amides is 2. The molecule has 2 aliphatic carbocycles. The number of hydrogen-bond acceptors (Lipinski definition) is 5. The summed E-state index contributed by atoms with van der Waals surface area (Å²) in [5, 5.41) is 22.5. The Morgan fingerprint density at radius 3 is 2.64 bits per heavy atom. The molecule has 2 N–H and O–H groups in total. The van der Waals surface area contributed by atoms with Crippen LogP contribution in [0.2, 0.25) is 0 Å². The number of benzene rings is 1. The lowest BCUT2D eigenvalue weighted by Crippen LogP contribution is -2.52. The molecule has 1 saturated heterocycles. The highest BCUT2D eigenvalue weighted by molar-refractivity contribution is 5.91. The van der Waals surface area contributed by atoms with Gasteiger partial charge in [-0.05, 0) is 43.1 Å². The second kappa shape index (κ2) is 8.98. The standard InChI is InChI=1S/C28H39N5O3/c1-6-19-14-28(19,20-9-7-8-17(2)12-20)29-25(35)23-13-21(34)15-32(23)26(36)24(27(3,4)5)33-16-22(30-31-33)18-10-11-18/h7-9,12,16,18-19,21,23-24,34H,6,10-11,13-15H2,1-5H3,(H,29,35)/t19?,21-,23+,24-,28?/m1/s1. The first-order valence-corrected chi connectivity index (χ1v) is 13.3. The van der Waals surface area contributed by atoms with Crippen molar-refractivity contribution in [2.24, 2.45) is 11.3 Å². The van der Waals surface area contributed by atoms with Crippen LogP contribution in [0.4, 0.5) is 0 Å². The Bertz CT molecular complexity index is 1150. The molecule has 0 radical (unpaired) electrons. The van der Waals surface area contributed by atoms with Gasteiger partial charge in [0.25, 0.3) is 0 Å². The highest BCUT2D eigenvalue weighted by Crippen LogP contribution is 2.54. The molecule has 8 nitrogen and oxygen atoms in total. The topological polar surface area (TPSA) is 100 Å². The fourth-order valence-corrected chi connectivity index (χ4v) is 5.95. The summed E-state index contributed by atoms with van der Waals surface area (Å²) in [4.78, 5) is 29.3. The van der Waals surface area contributed by atoms with Crippen molar-refractivity contribution in [3.63, 3.8) is 0 Å². The second-order valence-corrected chi connectivity index (χ2v) is 12.2. The van der Waals surface area contributed by atoms with E-state index in [9.17, 15) is 14.7 Å². The predicted octanol–water partition coefficient (Wildman–Crippen LogP) is 3.45. The van der Waals surface area contributed by atoms with Crippen molar-refractivity contribution in [2.45, 2.75) is 96.4 Å². The second-order valence-electron chi connectivity index (χ2n) is 12.2. The lowest BCUT2D eigenvalue weighted by atomic mass is 9.85. The van der Waals surface area contributed by atoms with E-state index in [4.69, 9.17) is 0 Å². The van der Waals surface area contributed by atoms with Crippen LogP contribution >= 0.6 is 0 Å². The van der Waals surface area contributed by atoms with Gasteiger partial charge in [-0.25, -0.2) is 4.68 Å². The molecule has 2 aromatic rings. The lowest BCUT2D eigenvalue weighted by Gasteiger charge is -2.35. The van der Waals surface area contributed by atoms with Crippen LogP contribution in [0.1, 0.15) is 88.6 Å². The fourth-order valence-electron chi connectivity index (χ4n) is 5.95. The zero-order valence-electron chi connectivity index (χ0n) is 22.1. The molecule has 8 heteroatoms. The number of carbonyl (C=O) groups is 2. The van der Waals surface area contributed by atoms with E-state index in [2.05, 4.69) is 47.7 Å². The SMILES string of the molecule is CCC1CC1(NC(=O)[C@@H]1C[C@@H](O)CN1C(=O)[C@@H](n1cc(C2CC2)nn1)C(C)(C)C)c1cccc(C)c1. The van der Waals surface area contributed by atoms with Crippen LogP contribution in [0, 0.1) is 18.3 Å². The molecule has 0 bridgehead atoms.